The summed E-state index contributed by atoms with van der Waals surface area (Å²) in [6.45, 7) is 6.84. The fraction of sp³-hybridized carbons (Fsp3) is 0.684. The lowest BCUT2D eigenvalue weighted by Crippen LogP contribution is -2.02. The predicted octanol–water partition coefficient (Wildman–Crippen LogP) is 5.57. The van der Waals surface area contributed by atoms with Gasteiger partial charge in [-0.15, -0.1) is 0 Å². The third-order valence-electron chi connectivity index (χ3n) is 3.87. The molecule has 1 N–H and O–H groups in total. The average Bonchev–Trinajstić information content (AvgIpc) is 2.45. The molecule has 0 fully saturated rings. The Balaban J connectivity index is 2.19. The number of hydrogen-bond donors (Lipinski definition) is 1. The molecule has 0 bridgehead atoms. The van der Waals surface area contributed by atoms with Crippen molar-refractivity contribution in [2.45, 2.75) is 78.2 Å². The molecule has 0 aliphatic heterocycles. The minimum Gasteiger partial charge on any atom is -0.493 e. The molecule has 1 aromatic rings. The van der Waals surface area contributed by atoms with Crippen LogP contribution < -0.4 is 4.74 Å². The van der Waals surface area contributed by atoms with Crippen molar-refractivity contribution in [3.05, 3.63) is 29.3 Å². The van der Waals surface area contributed by atoms with E-state index >= 15 is 0 Å². The van der Waals surface area contributed by atoms with Crippen molar-refractivity contribution in [2.75, 3.05) is 6.61 Å². The van der Waals surface area contributed by atoms with Crippen molar-refractivity contribution in [2.24, 2.45) is 0 Å². The molecule has 0 aliphatic carbocycles. The van der Waals surface area contributed by atoms with Crippen LogP contribution in [-0.2, 0) is 0 Å². The van der Waals surface area contributed by atoms with E-state index in [-0.39, 0.29) is 0 Å². The first-order valence-corrected chi connectivity index (χ1v) is 8.56. The van der Waals surface area contributed by atoms with Gasteiger partial charge in [-0.1, -0.05) is 64.0 Å². The van der Waals surface area contributed by atoms with Gasteiger partial charge in [0.15, 0.2) is 0 Å². The first-order chi connectivity index (χ1) is 10.1. The molecular weight excluding hydrogens is 260 g/mol. The van der Waals surface area contributed by atoms with E-state index in [1.165, 1.54) is 50.5 Å². The van der Waals surface area contributed by atoms with Crippen molar-refractivity contribution in [3.63, 3.8) is 0 Å². The van der Waals surface area contributed by atoms with Gasteiger partial charge in [0, 0.05) is 5.56 Å². The van der Waals surface area contributed by atoms with Gasteiger partial charge in [-0.3, -0.25) is 0 Å². The normalized spacial score (nSPS) is 12.4. The zero-order valence-electron chi connectivity index (χ0n) is 14.0. The summed E-state index contributed by atoms with van der Waals surface area (Å²) < 4.78 is 5.86. The van der Waals surface area contributed by atoms with Gasteiger partial charge in [-0.25, -0.2) is 0 Å². The molecule has 2 heteroatoms. The van der Waals surface area contributed by atoms with Crippen LogP contribution in [0.25, 0.3) is 0 Å². The standard InChI is InChI=1S/C19H32O2/c1-4-5-6-7-8-9-10-11-14-21-19-15-16(2)12-13-18(19)17(3)20/h12-13,15,17,20H,4-11,14H2,1-3H3/t17-/m1/s1. The van der Waals surface area contributed by atoms with Crippen LogP contribution in [0, 0.1) is 6.92 Å². The second kappa shape index (κ2) is 10.7. The molecule has 0 amide bonds. The average molecular weight is 292 g/mol. The second-order valence-electron chi connectivity index (χ2n) is 6.04. The van der Waals surface area contributed by atoms with Gasteiger partial charge < -0.3 is 9.84 Å². The van der Waals surface area contributed by atoms with E-state index in [1.807, 2.05) is 18.2 Å². The summed E-state index contributed by atoms with van der Waals surface area (Å²) in [6, 6.07) is 6.00. The minimum atomic E-state index is -0.473. The molecular formula is C19H32O2. The number of rotatable bonds is 11. The van der Waals surface area contributed by atoms with Gasteiger partial charge in [0.25, 0.3) is 0 Å². The summed E-state index contributed by atoms with van der Waals surface area (Å²) in [5.74, 6) is 0.841. The predicted molar refractivity (Wildman–Crippen MR) is 89.9 cm³/mol. The fourth-order valence-electron chi connectivity index (χ4n) is 2.53. The number of aryl methyl sites for hydroxylation is 1. The highest BCUT2D eigenvalue weighted by molar-refractivity contribution is 5.38. The Morgan fingerprint density at radius 1 is 1.00 bits per heavy atom. The number of benzene rings is 1. The summed E-state index contributed by atoms with van der Waals surface area (Å²) >= 11 is 0. The number of ether oxygens (including phenoxy) is 1. The van der Waals surface area contributed by atoms with Crippen LogP contribution in [0.1, 0.15) is 82.4 Å². The van der Waals surface area contributed by atoms with Gasteiger partial charge in [0.1, 0.15) is 5.75 Å². The Morgan fingerprint density at radius 2 is 1.62 bits per heavy atom. The van der Waals surface area contributed by atoms with Gasteiger partial charge in [0.2, 0.25) is 0 Å². The summed E-state index contributed by atoms with van der Waals surface area (Å²) in [5.41, 5.74) is 2.06. The lowest BCUT2D eigenvalue weighted by molar-refractivity contribution is 0.190. The van der Waals surface area contributed by atoms with Crippen molar-refractivity contribution >= 4 is 0 Å². The third kappa shape index (κ3) is 7.52. The zero-order chi connectivity index (χ0) is 15.5. The largest absolute Gasteiger partial charge is 0.493 e. The molecule has 0 saturated heterocycles. The second-order valence-corrected chi connectivity index (χ2v) is 6.04. The molecule has 0 unspecified atom stereocenters. The maximum atomic E-state index is 9.76. The summed E-state index contributed by atoms with van der Waals surface area (Å²) in [6.07, 6.45) is 9.97. The molecule has 0 heterocycles. The molecule has 0 aliphatic rings. The minimum absolute atomic E-state index is 0.473. The monoisotopic (exact) mass is 292 g/mol. The highest BCUT2D eigenvalue weighted by Crippen LogP contribution is 2.26. The summed E-state index contributed by atoms with van der Waals surface area (Å²) in [7, 11) is 0. The quantitative estimate of drug-likeness (QED) is 0.540. The maximum Gasteiger partial charge on any atom is 0.125 e. The SMILES string of the molecule is CCCCCCCCCCOc1cc(C)ccc1[C@@H](C)O. The van der Waals surface area contributed by atoms with Crippen LogP contribution in [0.4, 0.5) is 0 Å². The summed E-state index contributed by atoms with van der Waals surface area (Å²) in [4.78, 5) is 0. The van der Waals surface area contributed by atoms with Gasteiger partial charge >= 0.3 is 0 Å². The van der Waals surface area contributed by atoms with Crippen molar-refractivity contribution < 1.29 is 9.84 Å². The molecule has 1 aromatic carbocycles. The van der Waals surface area contributed by atoms with Crippen LogP contribution in [0.3, 0.4) is 0 Å². The van der Waals surface area contributed by atoms with Crippen LogP contribution in [-0.4, -0.2) is 11.7 Å². The maximum absolute atomic E-state index is 9.76. The molecule has 1 rings (SSSR count). The molecule has 0 aromatic heterocycles. The molecule has 2 nitrogen and oxygen atoms in total. The molecule has 0 saturated carbocycles. The van der Waals surface area contributed by atoms with E-state index in [0.717, 1.165) is 24.3 Å². The van der Waals surface area contributed by atoms with E-state index in [0.29, 0.717) is 0 Å². The Hall–Kier alpha value is -1.02. The number of unbranched alkanes of at least 4 members (excludes halogenated alkanes) is 7. The molecule has 21 heavy (non-hydrogen) atoms. The van der Waals surface area contributed by atoms with Crippen molar-refractivity contribution in [3.8, 4) is 5.75 Å². The van der Waals surface area contributed by atoms with Gasteiger partial charge in [-0.2, -0.15) is 0 Å². The highest BCUT2D eigenvalue weighted by Gasteiger charge is 2.09. The Morgan fingerprint density at radius 3 is 2.24 bits per heavy atom. The number of hydrogen-bond acceptors (Lipinski definition) is 2. The number of aliphatic hydroxyl groups excluding tert-OH is 1. The first kappa shape index (κ1) is 18.0. The Kier molecular flexibility index (Phi) is 9.16. The van der Waals surface area contributed by atoms with Crippen LogP contribution in [0.2, 0.25) is 0 Å². The fourth-order valence-corrected chi connectivity index (χ4v) is 2.53. The highest BCUT2D eigenvalue weighted by atomic mass is 16.5. The molecule has 120 valence electrons. The van der Waals surface area contributed by atoms with Crippen molar-refractivity contribution in [1.29, 1.82) is 0 Å². The topological polar surface area (TPSA) is 29.5 Å². The molecule has 0 radical (unpaired) electrons. The van der Waals surface area contributed by atoms with Crippen molar-refractivity contribution in [1.82, 2.24) is 0 Å². The van der Waals surface area contributed by atoms with E-state index in [4.69, 9.17) is 4.74 Å². The van der Waals surface area contributed by atoms with Crippen LogP contribution in [0.5, 0.6) is 5.75 Å². The Bertz CT molecular complexity index is 385. The molecule has 1 atom stereocenters. The summed E-state index contributed by atoms with van der Waals surface area (Å²) in [5, 5.41) is 9.76. The lowest BCUT2D eigenvalue weighted by atomic mass is 10.1. The smallest absolute Gasteiger partial charge is 0.125 e. The lowest BCUT2D eigenvalue weighted by Gasteiger charge is -2.14. The van der Waals surface area contributed by atoms with E-state index in [9.17, 15) is 5.11 Å². The number of aliphatic hydroxyl groups is 1. The first-order valence-electron chi connectivity index (χ1n) is 8.56. The van der Waals surface area contributed by atoms with E-state index in [2.05, 4.69) is 13.8 Å². The Labute approximate surface area is 130 Å². The van der Waals surface area contributed by atoms with Crippen LogP contribution in [0.15, 0.2) is 18.2 Å². The zero-order valence-corrected chi connectivity index (χ0v) is 14.0. The molecule has 0 spiro atoms. The van der Waals surface area contributed by atoms with Gasteiger partial charge in [-0.05, 0) is 31.9 Å². The van der Waals surface area contributed by atoms with Crippen LogP contribution >= 0.6 is 0 Å². The van der Waals surface area contributed by atoms with E-state index in [1.54, 1.807) is 6.92 Å². The van der Waals surface area contributed by atoms with E-state index < -0.39 is 6.10 Å². The third-order valence-corrected chi connectivity index (χ3v) is 3.87. The van der Waals surface area contributed by atoms with Gasteiger partial charge in [0.05, 0.1) is 12.7 Å².